The van der Waals surface area contributed by atoms with E-state index >= 15 is 0 Å². The summed E-state index contributed by atoms with van der Waals surface area (Å²) in [5, 5.41) is 12.5. The molecule has 1 unspecified atom stereocenters. The number of hydrogen-bond acceptors (Lipinski definition) is 5. The quantitative estimate of drug-likeness (QED) is 0.250. The van der Waals surface area contributed by atoms with Gasteiger partial charge < -0.3 is 20.7 Å². The van der Waals surface area contributed by atoms with Gasteiger partial charge in [-0.15, -0.1) is 0 Å². The number of ether oxygens (including phenoxy) is 1. The molecule has 6 nitrogen and oxygen atoms in total. The van der Waals surface area contributed by atoms with E-state index in [0.29, 0.717) is 6.61 Å². The van der Waals surface area contributed by atoms with Crippen LogP contribution in [0.4, 0.5) is 0 Å². The third-order valence-corrected chi connectivity index (χ3v) is 4.09. The Kier molecular flexibility index (Phi) is 4.73. The fourth-order valence-corrected chi connectivity index (χ4v) is 2.75. The molecule has 0 bridgehead atoms. The van der Waals surface area contributed by atoms with Crippen LogP contribution in [0.3, 0.4) is 0 Å². The molecule has 0 saturated heterocycles. The molecule has 2 rings (SSSR count). The second-order valence-corrected chi connectivity index (χ2v) is 5.38. The van der Waals surface area contributed by atoms with Crippen LogP contribution in [0.15, 0.2) is 28.5 Å². The fourth-order valence-electron chi connectivity index (χ4n) is 1.83. The molecule has 0 fully saturated rings. The third-order valence-electron chi connectivity index (χ3n) is 2.81. The first-order valence-corrected chi connectivity index (χ1v) is 7.32. The summed E-state index contributed by atoms with van der Waals surface area (Å²) in [7, 11) is 0. The molecule has 0 amide bonds. The number of nitrogens with zero attached hydrogens (tertiary/aromatic N) is 2. The van der Waals surface area contributed by atoms with Gasteiger partial charge >= 0.3 is 0 Å². The van der Waals surface area contributed by atoms with Crippen LogP contribution in [0, 0.1) is 0 Å². The number of hydrogen-bond donors (Lipinski definition) is 3. The molecular weight excluding hydrogens is 276 g/mol. The summed E-state index contributed by atoms with van der Waals surface area (Å²) >= 11 is 1.44. The maximum absolute atomic E-state index is 8.75. The predicted molar refractivity (Wildman–Crippen MR) is 80.6 cm³/mol. The summed E-state index contributed by atoms with van der Waals surface area (Å²) in [6, 6.07) is 5.72. The van der Waals surface area contributed by atoms with Gasteiger partial charge in [0.1, 0.15) is 5.75 Å². The fraction of sp³-hybridized carbons (Fsp3) is 0.385. The molecule has 20 heavy (non-hydrogen) atoms. The Morgan fingerprint density at radius 1 is 1.55 bits per heavy atom. The van der Waals surface area contributed by atoms with Crippen molar-refractivity contribution in [2.45, 2.75) is 30.7 Å². The largest absolute Gasteiger partial charge is 0.494 e. The molecule has 108 valence electrons. The van der Waals surface area contributed by atoms with E-state index in [4.69, 9.17) is 15.7 Å². The Bertz CT molecular complexity index is 611. The lowest BCUT2D eigenvalue weighted by Gasteiger charge is -2.09. The maximum atomic E-state index is 8.75. The number of thioether (sulfide) groups is 1. The molecule has 4 N–H and O–H groups in total. The Hall–Kier alpha value is -1.89. The minimum atomic E-state index is -0.105. The van der Waals surface area contributed by atoms with Crippen molar-refractivity contribution in [3.63, 3.8) is 0 Å². The summed E-state index contributed by atoms with van der Waals surface area (Å²) in [5.74, 6) is 1.01. The Balaban J connectivity index is 2.23. The normalized spacial score (nSPS) is 13.6. The van der Waals surface area contributed by atoms with E-state index in [1.807, 2.05) is 32.0 Å². The van der Waals surface area contributed by atoms with E-state index in [2.05, 4.69) is 15.1 Å². The molecule has 1 atom stereocenters. The van der Waals surface area contributed by atoms with Crippen molar-refractivity contribution in [2.75, 3.05) is 6.61 Å². The number of nitrogens with one attached hydrogen (secondary N) is 1. The van der Waals surface area contributed by atoms with Gasteiger partial charge in [-0.2, -0.15) is 0 Å². The van der Waals surface area contributed by atoms with Gasteiger partial charge in [0.2, 0.25) is 0 Å². The number of imidazole rings is 1. The minimum absolute atomic E-state index is 0.105. The zero-order chi connectivity index (χ0) is 14.5. The smallest absolute Gasteiger partial charge is 0.167 e. The van der Waals surface area contributed by atoms with Crippen molar-refractivity contribution >= 4 is 28.6 Å². The van der Waals surface area contributed by atoms with Crippen LogP contribution in [-0.2, 0) is 0 Å². The number of nitrogens with two attached hydrogens (primary N) is 1. The van der Waals surface area contributed by atoms with Crippen molar-refractivity contribution in [3.8, 4) is 5.75 Å². The number of aromatic amines is 1. The number of benzene rings is 1. The lowest BCUT2D eigenvalue weighted by atomic mass is 10.3. The van der Waals surface area contributed by atoms with Gasteiger partial charge in [0.15, 0.2) is 11.0 Å². The monoisotopic (exact) mass is 294 g/mol. The molecule has 0 saturated carbocycles. The summed E-state index contributed by atoms with van der Waals surface area (Å²) < 4.78 is 5.45. The molecular formula is C13H18N4O2S. The molecule has 0 spiro atoms. The van der Waals surface area contributed by atoms with Crippen molar-refractivity contribution in [2.24, 2.45) is 10.9 Å². The van der Waals surface area contributed by atoms with E-state index in [1.165, 1.54) is 11.8 Å². The van der Waals surface area contributed by atoms with Gasteiger partial charge in [-0.05, 0) is 25.5 Å². The first-order valence-electron chi connectivity index (χ1n) is 6.44. The van der Waals surface area contributed by atoms with Gasteiger partial charge in [-0.3, -0.25) is 0 Å². The van der Waals surface area contributed by atoms with Crippen molar-refractivity contribution in [1.29, 1.82) is 0 Å². The van der Waals surface area contributed by atoms with E-state index < -0.39 is 0 Å². The van der Waals surface area contributed by atoms with Crippen LogP contribution in [0.1, 0.15) is 20.3 Å². The number of amidine groups is 1. The summed E-state index contributed by atoms with van der Waals surface area (Å²) in [5.41, 5.74) is 7.43. The SMILES string of the molecule is CCOc1ccc2nc(SC(CC)C(N)=NO)[nH]c2c1. The number of oxime groups is 1. The van der Waals surface area contributed by atoms with Gasteiger partial charge in [0.25, 0.3) is 0 Å². The van der Waals surface area contributed by atoms with Gasteiger partial charge in [-0.25, -0.2) is 4.98 Å². The zero-order valence-electron chi connectivity index (χ0n) is 11.5. The number of fused-ring (bicyclic) bond motifs is 1. The van der Waals surface area contributed by atoms with Crippen LogP contribution >= 0.6 is 11.8 Å². The van der Waals surface area contributed by atoms with E-state index in [1.54, 1.807) is 0 Å². The number of aromatic nitrogens is 2. The molecule has 2 aromatic rings. The van der Waals surface area contributed by atoms with Gasteiger partial charge in [0.05, 0.1) is 22.9 Å². The highest BCUT2D eigenvalue weighted by molar-refractivity contribution is 8.00. The minimum Gasteiger partial charge on any atom is -0.494 e. The first-order chi connectivity index (χ1) is 9.67. The molecule has 0 aliphatic carbocycles. The highest BCUT2D eigenvalue weighted by Gasteiger charge is 2.16. The van der Waals surface area contributed by atoms with Crippen LogP contribution in [0.25, 0.3) is 11.0 Å². The molecule has 1 aromatic heterocycles. The van der Waals surface area contributed by atoms with Crippen LogP contribution < -0.4 is 10.5 Å². The average molecular weight is 294 g/mol. The topological polar surface area (TPSA) is 96.5 Å². The number of rotatable bonds is 6. The summed E-state index contributed by atoms with van der Waals surface area (Å²) in [4.78, 5) is 7.70. The van der Waals surface area contributed by atoms with Crippen LogP contribution in [-0.4, -0.2) is 32.9 Å². The summed E-state index contributed by atoms with van der Waals surface area (Å²) in [6.07, 6.45) is 0.752. The molecule has 0 aliphatic rings. The second-order valence-electron chi connectivity index (χ2n) is 4.19. The lowest BCUT2D eigenvalue weighted by molar-refractivity contribution is 0.317. The Labute approximate surface area is 121 Å². The standard InChI is InChI=1S/C13H18N4O2S/c1-3-11(12(14)17-18)20-13-15-9-6-5-8(19-4-2)7-10(9)16-13/h5-7,11,18H,3-4H2,1-2H3,(H2,14,17)(H,15,16). The molecule has 7 heteroatoms. The van der Waals surface area contributed by atoms with Crippen LogP contribution in [0.2, 0.25) is 0 Å². The zero-order valence-corrected chi connectivity index (χ0v) is 12.3. The van der Waals surface area contributed by atoms with Crippen molar-refractivity contribution in [1.82, 2.24) is 9.97 Å². The van der Waals surface area contributed by atoms with Gasteiger partial charge in [0, 0.05) is 6.07 Å². The van der Waals surface area contributed by atoms with E-state index in [-0.39, 0.29) is 11.1 Å². The Morgan fingerprint density at radius 2 is 2.35 bits per heavy atom. The van der Waals surface area contributed by atoms with Crippen molar-refractivity contribution < 1.29 is 9.94 Å². The van der Waals surface area contributed by atoms with Gasteiger partial charge in [-0.1, -0.05) is 23.8 Å². The average Bonchev–Trinajstić information content (AvgIpc) is 2.86. The van der Waals surface area contributed by atoms with E-state index in [0.717, 1.165) is 28.4 Å². The predicted octanol–water partition coefficient (Wildman–Crippen LogP) is 2.58. The molecule has 1 aromatic carbocycles. The highest BCUT2D eigenvalue weighted by Crippen LogP contribution is 2.27. The summed E-state index contributed by atoms with van der Waals surface area (Å²) in [6.45, 7) is 4.55. The maximum Gasteiger partial charge on any atom is 0.167 e. The molecule has 1 heterocycles. The molecule has 0 radical (unpaired) electrons. The Morgan fingerprint density at radius 3 is 3.00 bits per heavy atom. The second kappa shape index (κ2) is 6.51. The highest BCUT2D eigenvalue weighted by atomic mass is 32.2. The van der Waals surface area contributed by atoms with E-state index in [9.17, 15) is 0 Å². The van der Waals surface area contributed by atoms with Crippen LogP contribution in [0.5, 0.6) is 5.75 Å². The number of H-pyrrole nitrogens is 1. The molecule has 0 aliphatic heterocycles. The first kappa shape index (κ1) is 14.5. The lowest BCUT2D eigenvalue weighted by Crippen LogP contribution is -2.25. The van der Waals surface area contributed by atoms with Crippen molar-refractivity contribution in [3.05, 3.63) is 18.2 Å². The third kappa shape index (κ3) is 3.16.